The molecule has 0 fully saturated rings. The molecule has 0 saturated heterocycles. The highest BCUT2D eigenvalue weighted by Gasteiger charge is 2.11. The molecule has 62 valence electrons. The molecule has 0 atom stereocenters. The Kier molecular flexibility index (Phi) is 1.90. The van der Waals surface area contributed by atoms with Crippen molar-refractivity contribution < 1.29 is 12.3 Å². The zero-order valence-electron chi connectivity index (χ0n) is 5.73. The second kappa shape index (κ2) is 2.57. The highest BCUT2D eigenvalue weighted by Crippen LogP contribution is 2.01. The van der Waals surface area contributed by atoms with Crippen LogP contribution in [0.15, 0.2) is 6.20 Å². The lowest BCUT2D eigenvalue weighted by atomic mass is 10.6. The molecule has 7 heteroatoms. The van der Waals surface area contributed by atoms with E-state index in [0.29, 0.717) is 0 Å². The molecule has 0 radical (unpaired) electrons. The van der Waals surface area contributed by atoms with Crippen LogP contribution in [-0.4, -0.2) is 23.4 Å². The van der Waals surface area contributed by atoms with Crippen LogP contribution in [0.3, 0.4) is 0 Å². The van der Waals surface area contributed by atoms with Gasteiger partial charge in [0.1, 0.15) is 11.4 Å². The molecule has 1 heterocycles. The van der Waals surface area contributed by atoms with Crippen molar-refractivity contribution in [2.24, 2.45) is 7.05 Å². The average molecular weight is 179 g/mol. The lowest BCUT2D eigenvalue weighted by Crippen LogP contribution is -1.96. The molecule has 1 aromatic heterocycles. The first-order valence-electron chi connectivity index (χ1n) is 2.75. The van der Waals surface area contributed by atoms with E-state index in [-0.39, 0.29) is 5.69 Å². The Morgan fingerprint density at radius 3 is 2.73 bits per heavy atom. The van der Waals surface area contributed by atoms with Crippen LogP contribution in [0.1, 0.15) is 5.69 Å². The SMILES string of the molecule is Cn1cc(CS(=O)(=O)F)nn1. The van der Waals surface area contributed by atoms with E-state index < -0.39 is 16.0 Å². The molecule has 0 unspecified atom stereocenters. The molecule has 0 aliphatic carbocycles. The van der Waals surface area contributed by atoms with E-state index in [0.717, 1.165) is 0 Å². The summed E-state index contributed by atoms with van der Waals surface area (Å²) in [4.78, 5) is 0. The summed E-state index contributed by atoms with van der Waals surface area (Å²) < 4.78 is 33.4. The quantitative estimate of drug-likeness (QED) is 0.580. The summed E-state index contributed by atoms with van der Waals surface area (Å²) in [6.07, 6.45) is 1.34. The Hall–Kier alpha value is -0.980. The second-order valence-corrected chi connectivity index (χ2v) is 3.43. The van der Waals surface area contributed by atoms with E-state index in [1.165, 1.54) is 10.9 Å². The largest absolute Gasteiger partial charge is 0.308 e. The fraction of sp³-hybridized carbons (Fsp3) is 0.500. The van der Waals surface area contributed by atoms with Gasteiger partial charge in [-0.15, -0.1) is 8.98 Å². The zero-order chi connectivity index (χ0) is 8.48. The van der Waals surface area contributed by atoms with Gasteiger partial charge in [0.2, 0.25) is 0 Å². The minimum Gasteiger partial charge on any atom is -0.255 e. The fourth-order valence-electron chi connectivity index (χ4n) is 0.638. The molecule has 0 bridgehead atoms. The van der Waals surface area contributed by atoms with Gasteiger partial charge >= 0.3 is 10.2 Å². The number of rotatable bonds is 2. The third-order valence-electron chi connectivity index (χ3n) is 0.970. The Bertz CT molecular complexity index is 344. The maximum absolute atomic E-state index is 12.0. The second-order valence-electron chi connectivity index (χ2n) is 2.07. The van der Waals surface area contributed by atoms with Crippen LogP contribution in [-0.2, 0) is 23.0 Å². The highest BCUT2D eigenvalue weighted by atomic mass is 32.3. The van der Waals surface area contributed by atoms with E-state index in [1.807, 2.05) is 0 Å². The van der Waals surface area contributed by atoms with Gasteiger partial charge in [0.15, 0.2) is 0 Å². The van der Waals surface area contributed by atoms with Crippen molar-refractivity contribution in [1.82, 2.24) is 15.0 Å². The van der Waals surface area contributed by atoms with Crippen LogP contribution in [0.4, 0.5) is 3.89 Å². The van der Waals surface area contributed by atoms with Gasteiger partial charge in [0.05, 0.1) is 0 Å². The maximum Gasteiger partial charge on any atom is 0.308 e. The van der Waals surface area contributed by atoms with Gasteiger partial charge in [-0.25, -0.2) is 0 Å². The first-order chi connectivity index (χ1) is 4.97. The lowest BCUT2D eigenvalue weighted by molar-refractivity contribution is 0.550. The van der Waals surface area contributed by atoms with Crippen molar-refractivity contribution in [2.75, 3.05) is 0 Å². The summed E-state index contributed by atoms with van der Waals surface area (Å²) >= 11 is 0. The van der Waals surface area contributed by atoms with Crippen LogP contribution >= 0.6 is 0 Å². The van der Waals surface area contributed by atoms with Gasteiger partial charge < -0.3 is 0 Å². The van der Waals surface area contributed by atoms with Crippen molar-refractivity contribution in [3.05, 3.63) is 11.9 Å². The first-order valence-corrected chi connectivity index (χ1v) is 4.30. The normalized spacial score (nSPS) is 11.8. The standard InChI is InChI=1S/C4H6FN3O2S/c1-8-2-4(6-7-8)3-11(5,9)10/h2H,3H2,1H3. The predicted octanol–water partition coefficient (Wildman–Crippen LogP) is -0.386. The highest BCUT2D eigenvalue weighted by molar-refractivity contribution is 7.85. The number of hydrogen-bond donors (Lipinski definition) is 0. The molecule has 0 amide bonds. The Morgan fingerprint density at radius 1 is 1.73 bits per heavy atom. The Morgan fingerprint density at radius 2 is 2.36 bits per heavy atom. The van der Waals surface area contributed by atoms with E-state index in [1.54, 1.807) is 7.05 Å². The van der Waals surface area contributed by atoms with Gasteiger partial charge in [0.25, 0.3) is 0 Å². The summed E-state index contributed by atoms with van der Waals surface area (Å²) in [5.74, 6) is -0.708. The molecule has 11 heavy (non-hydrogen) atoms. The number of aromatic nitrogens is 3. The molecule has 0 N–H and O–H groups in total. The van der Waals surface area contributed by atoms with E-state index >= 15 is 0 Å². The van der Waals surface area contributed by atoms with Gasteiger partial charge in [-0.2, -0.15) is 8.42 Å². The molecule has 1 aromatic rings. The number of halogens is 1. The summed E-state index contributed by atoms with van der Waals surface area (Å²) in [5, 5.41) is 6.83. The summed E-state index contributed by atoms with van der Waals surface area (Å²) in [6.45, 7) is 0. The Balaban J connectivity index is 2.81. The summed E-state index contributed by atoms with van der Waals surface area (Å²) in [5.41, 5.74) is 0.106. The van der Waals surface area contributed by atoms with Crippen molar-refractivity contribution in [3.63, 3.8) is 0 Å². The molecule has 5 nitrogen and oxygen atoms in total. The zero-order valence-corrected chi connectivity index (χ0v) is 6.55. The molecular formula is C4H6FN3O2S. The monoisotopic (exact) mass is 179 g/mol. The van der Waals surface area contributed by atoms with E-state index in [2.05, 4.69) is 10.3 Å². The molecule has 0 spiro atoms. The minimum atomic E-state index is -4.48. The number of nitrogens with zero attached hydrogens (tertiary/aromatic N) is 3. The third kappa shape index (κ3) is 2.62. The van der Waals surface area contributed by atoms with Gasteiger partial charge in [-0.1, -0.05) is 5.21 Å². The van der Waals surface area contributed by atoms with E-state index in [4.69, 9.17) is 0 Å². The number of aryl methyl sites for hydroxylation is 1. The van der Waals surface area contributed by atoms with Crippen molar-refractivity contribution in [3.8, 4) is 0 Å². The van der Waals surface area contributed by atoms with Crippen LogP contribution in [0.2, 0.25) is 0 Å². The van der Waals surface area contributed by atoms with Crippen molar-refractivity contribution in [2.45, 2.75) is 5.75 Å². The summed E-state index contributed by atoms with van der Waals surface area (Å²) in [6, 6.07) is 0. The average Bonchev–Trinajstić information content (AvgIpc) is 2.10. The smallest absolute Gasteiger partial charge is 0.255 e. The molecule has 0 aliphatic heterocycles. The Labute approximate surface area is 63.0 Å². The lowest BCUT2D eigenvalue weighted by Gasteiger charge is -1.85. The van der Waals surface area contributed by atoms with Gasteiger partial charge in [-0.05, 0) is 0 Å². The van der Waals surface area contributed by atoms with Crippen LogP contribution in [0, 0.1) is 0 Å². The maximum atomic E-state index is 12.0. The van der Waals surface area contributed by atoms with Crippen LogP contribution < -0.4 is 0 Å². The molecule has 0 aromatic carbocycles. The van der Waals surface area contributed by atoms with Crippen molar-refractivity contribution in [1.29, 1.82) is 0 Å². The number of hydrogen-bond acceptors (Lipinski definition) is 4. The van der Waals surface area contributed by atoms with Crippen LogP contribution in [0.25, 0.3) is 0 Å². The van der Waals surface area contributed by atoms with Crippen molar-refractivity contribution >= 4 is 10.2 Å². The minimum absolute atomic E-state index is 0.106. The molecule has 0 saturated carbocycles. The topological polar surface area (TPSA) is 64.8 Å². The van der Waals surface area contributed by atoms with E-state index in [9.17, 15) is 12.3 Å². The molecule has 0 aliphatic rings. The predicted molar refractivity (Wildman–Crippen MR) is 34.7 cm³/mol. The molecular weight excluding hydrogens is 173 g/mol. The third-order valence-corrected chi connectivity index (χ3v) is 1.61. The van der Waals surface area contributed by atoms with Crippen LogP contribution in [0.5, 0.6) is 0 Å². The molecule has 1 rings (SSSR count). The summed E-state index contributed by atoms with van der Waals surface area (Å²) in [7, 11) is -2.91. The van der Waals surface area contributed by atoms with Gasteiger partial charge in [-0.3, -0.25) is 4.68 Å². The fourth-order valence-corrected chi connectivity index (χ4v) is 1.12. The first kappa shape index (κ1) is 8.12. The van der Waals surface area contributed by atoms with Gasteiger partial charge in [0, 0.05) is 13.2 Å².